The molecule has 1 aromatic rings. The van der Waals surface area contributed by atoms with Gasteiger partial charge in [-0.1, -0.05) is 22.4 Å². The maximum atomic E-state index is 9.81. The molecule has 1 unspecified atom stereocenters. The van der Waals surface area contributed by atoms with Crippen molar-refractivity contribution in [2.75, 3.05) is 20.2 Å². The highest BCUT2D eigenvalue weighted by molar-refractivity contribution is 9.10. The van der Waals surface area contributed by atoms with E-state index in [4.69, 9.17) is 4.74 Å². The van der Waals surface area contributed by atoms with Crippen molar-refractivity contribution in [2.24, 2.45) is 0 Å². The molecule has 112 valence electrons. The number of aliphatic hydroxyl groups is 1. The lowest BCUT2D eigenvalue weighted by atomic mass is 10.0. The first kappa shape index (κ1) is 15.8. The van der Waals surface area contributed by atoms with Crippen molar-refractivity contribution in [1.82, 2.24) is 4.90 Å². The fourth-order valence-corrected chi connectivity index (χ4v) is 3.17. The second-order valence-corrected chi connectivity index (χ2v) is 6.54. The van der Waals surface area contributed by atoms with E-state index in [1.54, 1.807) is 6.92 Å². The quantitative estimate of drug-likeness (QED) is 0.885. The molecular weight excluding hydrogens is 318 g/mol. The molecule has 0 saturated carbocycles. The molecule has 1 fully saturated rings. The first-order chi connectivity index (χ1) is 9.58. The van der Waals surface area contributed by atoms with Crippen molar-refractivity contribution in [1.29, 1.82) is 0 Å². The molecule has 1 heterocycles. The van der Waals surface area contributed by atoms with Crippen LogP contribution in [0, 0.1) is 0 Å². The summed E-state index contributed by atoms with van der Waals surface area (Å²) >= 11 is 3.43. The zero-order chi connectivity index (χ0) is 14.5. The van der Waals surface area contributed by atoms with Crippen LogP contribution in [0.3, 0.4) is 0 Å². The zero-order valence-corrected chi connectivity index (χ0v) is 13.9. The van der Waals surface area contributed by atoms with E-state index < -0.39 is 6.10 Å². The molecule has 4 heteroatoms. The fraction of sp³-hybridized carbons (Fsp3) is 0.625. The lowest BCUT2D eigenvalue weighted by molar-refractivity contribution is 0.149. The lowest BCUT2D eigenvalue weighted by Crippen LogP contribution is -2.37. The molecule has 0 spiro atoms. The number of benzene rings is 1. The fourth-order valence-electron chi connectivity index (χ4n) is 2.79. The number of hydrogen-bond acceptors (Lipinski definition) is 3. The molecule has 2 atom stereocenters. The van der Waals surface area contributed by atoms with E-state index in [0.29, 0.717) is 12.6 Å². The highest BCUT2D eigenvalue weighted by Crippen LogP contribution is 2.29. The molecule has 1 aromatic carbocycles. The molecule has 0 aliphatic carbocycles. The van der Waals surface area contributed by atoms with Gasteiger partial charge in [-0.15, -0.1) is 0 Å². The maximum Gasteiger partial charge on any atom is 0.125 e. The second kappa shape index (κ2) is 7.43. The standard InChI is InChI=1S/C16H24BrNO2/c1-12(19)15-11-13(17)6-7-16(15)20-10-8-14-5-3-4-9-18(14)2/h6-7,11-12,14,19H,3-5,8-10H2,1-2H3/t12-,14?/m0/s1. The van der Waals surface area contributed by atoms with Crippen molar-refractivity contribution in [2.45, 2.75) is 44.8 Å². The van der Waals surface area contributed by atoms with Gasteiger partial charge >= 0.3 is 0 Å². The summed E-state index contributed by atoms with van der Waals surface area (Å²) in [6.07, 6.45) is 4.44. The summed E-state index contributed by atoms with van der Waals surface area (Å²) < 4.78 is 6.86. The minimum Gasteiger partial charge on any atom is -0.493 e. The maximum absolute atomic E-state index is 9.81. The topological polar surface area (TPSA) is 32.7 Å². The summed E-state index contributed by atoms with van der Waals surface area (Å²) in [5.74, 6) is 0.793. The summed E-state index contributed by atoms with van der Waals surface area (Å²) in [5.41, 5.74) is 0.844. The van der Waals surface area contributed by atoms with Crippen molar-refractivity contribution in [3.63, 3.8) is 0 Å². The number of likely N-dealkylation sites (tertiary alicyclic amines) is 1. The number of nitrogens with zero attached hydrogens (tertiary/aromatic N) is 1. The van der Waals surface area contributed by atoms with Crippen LogP contribution in [0.25, 0.3) is 0 Å². The van der Waals surface area contributed by atoms with E-state index in [9.17, 15) is 5.11 Å². The summed E-state index contributed by atoms with van der Waals surface area (Å²) in [6.45, 7) is 3.67. The molecule has 0 amide bonds. The van der Waals surface area contributed by atoms with Crippen molar-refractivity contribution < 1.29 is 9.84 Å². The zero-order valence-electron chi connectivity index (χ0n) is 12.3. The summed E-state index contributed by atoms with van der Waals surface area (Å²) in [4.78, 5) is 2.43. The summed E-state index contributed by atoms with van der Waals surface area (Å²) in [6, 6.07) is 6.44. The number of aliphatic hydroxyl groups excluding tert-OH is 1. The highest BCUT2D eigenvalue weighted by atomic mass is 79.9. The van der Waals surface area contributed by atoms with Crippen LogP contribution in [0.1, 0.15) is 44.3 Å². The van der Waals surface area contributed by atoms with E-state index >= 15 is 0 Å². The Labute approximate surface area is 130 Å². The van der Waals surface area contributed by atoms with Gasteiger partial charge in [0, 0.05) is 16.1 Å². The van der Waals surface area contributed by atoms with E-state index in [0.717, 1.165) is 22.2 Å². The number of rotatable bonds is 5. The van der Waals surface area contributed by atoms with E-state index in [-0.39, 0.29) is 0 Å². The highest BCUT2D eigenvalue weighted by Gasteiger charge is 2.19. The van der Waals surface area contributed by atoms with Crippen LogP contribution < -0.4 is 4.74 Å². The molecule has 0 radical (unpaired) electrons. The Morgan fingerprint density at radius 3 is 2.95 bits per heavy atom. The van der Waals surface area contributed by atoms with Crippen LogP contribution in [-0.4, -0.2) is 36.2 Å². The molecule has 2 rings (SSSR count). The van der Waals surface area contributed by atoms with Gasteiger partial charge in [0.2, 0.25) is 0 Å². The molecule has 1 saturated heterocycles. The van der Waals surface area contributed by atoms with Gasteiger partial charge in [0.25, 0.3) is 0 Å². The van der Waals surface area contributed by atoms with Gasteiger partial charge in [-0.25, -0.2) is 0 Å². The van der Waals surface area contributed by atoms with Crippen LogP contribution in [0.4, 0.5) is 0 Å². The number of ether oxygens (including phenoxy) is 1. The van der Waals surface area contributed by atoms with Gasteiger partial charge in [0.05, 0.1) is 12.7 Å². The SMILES string of the molecule is C[C@H](O)c1cc(Br)ccc1OCCC1CCCCN1C. The largest absolute Gasteiger partial charge is 0.493 e. The van der Waals surface area contributed by atoms with E-state index in [1.807, 2.05) is 18.2 Å². The lowest BCUT2D eigenvalue weighted by Gasteiger charge is -2.32. The molecule has 0 aromatic heterocycles. The third kappa shape index (κ3) is 4.21. The number of piperidine rings is 1. The minimum absolute atomic E-state index is 0.514. The Kier molecular flexibility index (Phi) is 5.87. The smallest absolute Gasteiger partial charge is 0.125 e. The Bertz CT molecular complexity index is 436. The predicted molar refractivity (Wildman–Crippen MR) is 85.2 cm³/mol. The van der Waals surface area contributed by atoms with E-state index in [2.05, 4.69) is 27.9 Å². The molecule has 1 aliphatic heterocycles. The molecule has 20 heavy (non-hydrogen) atoms. The normalized spacial score (nSPS) is 21.7. The predicted octanol–water partition coefficient (Wildman–Crippen LogP) is 3.76. The molecule has 1 aliphatic rings. The number of hydrogen-bond donors (Lipinski definition) is 1. The van der Waals surface area contributed by atoms with Crippen LogP contribution in [0.15, 0.2) is 22.7 Å². The first-order valence-corrected chi connectivity index (χ1v) is 8.18. The van der Waals surface area contributed by atoms with E-state index in [1.165, 1.54) is 25.8 Å². The third-order valence-corrected chi connectivity index (χ3v) is 4.55. The third-order valence-electron chi connectivity index (χ3n) is 4.05. The Hall–Kier alpha value is -0.580. The number of halogens is 1. The Balaban J connectivity index is 1.90. The van der Waals surface area contributed by atoms with Crippen LogP contribution >= 0.6 is 15.9 Å². The van der Waals surface area contributed by atoms with Gasteiger partial charge in [0.1, 0.15) is 5.75 Å². The molecular formula is C16H24BrNO2. The molecule has 0 bridgehead atoms. The molecule has 3 nitrogen and oxygen atoms in total. The first-order valence-electron chi connectivity index (χ1n) is 7.38. The minimum atomic E-state index is -0.514. The van der Waals surface area contributed by atoms with Crippen molar-refractivity contribution >= 4 is 15.9 Å². The average molecular weight is 342 g/mol. The second-order valence-electron chi connectivity index (χ2n) is 5.63. The Morgan fingerprint density at radius 2 is 2.25 bits per heavy atom. The summed E-state index contributed by atoms with van der Waals surface area (Å²) in [7, 11) is 2.20. The van der Waals surface area contributed by atoms with Crippen LogP contribution in [-0.2, 0) is 0 Å². The van der Waals surface area contributed by atoms with Crippen molar-refractivity contribution in [3.8, 4) is 5.75 Å². The van der Waals surface area contributed by atoms with Gasteiger partial charge in [0.15, 0.2) is 0 Å². The van der Waals surface area contributed by atoms with Crippen molar-refractivity contribution in [3.05, 3.63) is 28.2 Å². The van der Waals surface area contributed by atoms with Gasteiger partial charge in [-0.2, -0.15) is 0 Å². The van der Waals surface area contributed by atoms with Crippen LogP contribution in [0.5, 0.6) is 5.75 Å². The Morgan fingerprint density at radius 1 is 1.45 bits per heavy atom. The monoisotopic (exact) mass is 341 g/mol. The average Bonchev–Trinajstić information content (AvgIpc) is 2.42. The molecule has 1 N–H and O–H groups in total. The summed E-state index contributed by atoms with van der Waals surface area (Å²) in [5, 5.41) is 9.81. The van der Waals surface area contributed by atoms with Crippen LogP contribution in [0.2, 0.25) is 0 Å². The van der Waals surface area contributed by atoms with Gasteiger partial charge in [-0.05, 0) is 58.0 Å². The van der Waals surface area contributed by atoms with Gasteiger partial charge < -0.3 is 14.7 Å². The van der Waals surface area contributed by atoms with Gasteiger partial charge in [-0.3, -0.25) is 0 Å².